The first kappa shape index (κ1) is 13.9. The highest BCUT2D eigenvalue weighted by Gasteiger charge is 2.35. The molecule has 5 heteroatoms. The van der Waals surface area contributed by atoms with Crippen LogP contribution in [0.25, 0.3) is 0 Å². The van der Waals surface area contributed by atoms with Crippen LogP contribution in [0.5, 0.6) is 0 Å². The van der Waals surface area contributed by atoms with Gasteiger partial charge in [0.05, 0.1) is 0 Å². The molecule has 5 nitrogen and oxygen atoms in total. The SMILES string of the molecule is CC1CCN(C(=O)c2ccc3c(c2)CCN3)C(C(=O)O)C1. The monoisotopic (exact) mass is 288 g/mol. The van der Waals surface area contributed by atoms with Crippen molar-refractivity contribution in [3.8, 4) is 0 Å². The zero-order valence-electron chi connectivity index (χ0n) is 12.1. The average molecular weight is 288 g/mol. The first-order valence-electron chi connectivity index (χ1n) is 7.47. The van der Waals surface area contributed by atoms with Gasteiger partial charge in [0.2, 0.25) is 0 Å². The Bertz CT molecular complexity index is 585. The molecule has 21 heavy (non-hydrogen) atoms. The van der Waals surface area contributed by atoms with Gasteiger partial charge in [0.1, 0.15) is 6.04 Å². The fourth-order valence-corrected chi connectivity index (χ4v) is 3.22. The Morgan fingerprint density at radius 2 is 2.19 bits per heavy atom. The highest BCUT2D eigenvalue weighted by Crippen LogP contribution is 2.27. The van der Waals surface area contributed by atoms with Crippen LogP contribution in [0.4, 0.5) is 5.69 Å². The number of rotatable bonds is 2. The molecule has 2 N–H and O–H groups in total. The van der Waals surface area contributed by atoms with E-state index in [-0.39, 0.29) is 5.91 Å². The van der Waals surface area contributed by atoms with E-state index in [4.69, 9.17) is 0 Å². The molecule has 1 aromatic rings. The molecule has 2 atom stereocenters. The van der Waals surface area contributed by atoms with Gasteiger partial charge in [0.15, 0.2) is 0 Å². The minimum atomic E-state index is -0.905. The first-order chi connectivity index (χ1) is 10.1. The van der Waals surface area contributed by atoms with Crippen molar-refractivity contribution in [1.82, 2.24) is 4.90 Å². The van der Waals surface area contributed by atoms with Gasteiger partial charge in [-0.05, 0) is 48.9 Å². The minimum absolute atomic E-state index is 0.163. The molecule has 112 valence electrons. The molecule has 1 fully saturated rings. The third kappa shape index (κ3) is 2.60. The second-order valence-corrected chi connectivity index (χ2v) is 6.03. The van der Waals surface area contributed by atoms with Crippen LogP contribution in [0.3, 0.4) is 0 Å². The van der Waals surface area contributed by atoms with Crippen molar-refractivity contribution in [1.29, 1.82) is 0 Å². The summed E-state index contributed by atoms with van der Waals surface area (Å²) in [6.45, 7) is 3.46. The van der Waals surface area contributed by atoms with Crippen molar-refractivity contribution in [2.24, 2.45) is 5.92 Å². The topological polar surface area (TPSA) is 69.6 Å². The van der Waals surface area contributed by atoms with E-state index in [1.807, 2.05) is 19.1 Å². The number of hydrogen-bond donors (Lipinski definition) is 2. The number of carboxylic acids is 1. The van der Waals surface area contributed by atoms with Gasteiger partial charge in [-0.3, -0.25) is 4.79 Å². The quantitative estimate of drug-likeness (QED) is 0.873. The molecule has 2 unspecified atom stereocenters. The molecule has 3 rings (SSSR count). The summed E-state index contributed by atoms with van der Waals surface area (Å²) in [6.07, 6.45) is 2.31. The van der Waals surface area contributed by atoms with Gasteiger partial charge in [-0.2, -0.15) is 0 Å². The fourth-order valence-electron chi connectivity index (χ4n) is 3.22. The van der Waals surface area contributed by atoms with E-state index in [1.54, 1.807) is 6.07 Å². The number of likely N-dealkylation sites (tertiary alicyclic amines) is 1. The zero-order chi connectivity index (χ0) is 15.0. The molecule has 1 saturated heterocycles. The van der Waals surface area contributed by atoms with Gasteiger partial charge < -0.3 is 15.3 Å². The maximum atomic E-state index is 12.7. The second kappa shape index (κ2) is 5.39. The molecule has 0 bridgehead atoms. The van der Waals surface area contributed by atoms with Crippen LogP contribution < -0.4 is 5.32 Å². The summed E-state index contributed by atoms with van der Waals surface area (Å²) in [5, 5.41) is 12.6. The number of carboxylic acid groups (broad SMARTS) is 1. The van der Waals surface area contributed by atoms with Crippen molar-refractivity contribution < 1.29 is 14.7 Å². The number of piperidine rings is 1. The standard InChI is InChI=1S/C16H20N2O3/c1-10-5-7-18(14(8-10)16(20)21)15(19)12-2-3-13-11(9-12)4-6-17-13/h2-3,9-10,14,17H,4-8H2,1H3,(H,20,21). The van der Waals surface area contributed by atoms with Gasteiger partial charge in [-0.25, -0.2) is 4.79 Å². The van der Waals surface area contributed by atoms with Crippen LogP contribution in [-0.2, 0) is 11.2 Å². The maximum Gasteiger partial charge on any atom is 0.326 e. The number of fused-ring (bicyclic) bond motifs is 1. The summed E-state index contributed by atoms with van der Waals surface area (Å²) in [7, 11) is 0. The Kier molecular flexibility index (Phi) is 3.57. The molecule has 0 spiro atoms. The molecule has 1 amide bonds. The molecular formula is C16H20N2O3. The van der Waals surface area contributed by atoms with E-state index in [9.17, 15) is 14.7 Å². The van der Waals surface area contributed by atoms with Gasteiger partial charge in [-0.1, -0.05) is 6.92 Å². The highest BCUT2D eigenvalue weighted by molar-refractivity contribution is 5.97. The Labute approximate surface area is 123 Å². The number of carbonyl (C=O) groups is 2. The minimum Gasteiger partial charge on any atom is -0.480 e. The third-order valence-corrected chi connectivity index (χ3v) is 4.47. The van der Waals surface area contributed by atoms with Crippen LogP contribution in [0.1, 0.15) is 35.7 Å². The molecule has 0 radical (unpaired) electrons. The van der Waals surface area contributed by atoms with Gasteiger partial charge >= 0.3 is 5.97 Å². The van der Waals surface area contributed by atoms with E-state index in [0.717, 1.165) is 30.6 Å². The number of anilines is 1. The van der Waals surface area contributed by atoms with Crippen molar-refractivity contribution >= 4 is 17.6 Å². The Balaban J connectivity index is 1.85. The van der Waals surface area contributed by atoms with Crippen LogP contribution in [0.15, 0.2) is 18.2 Å². The Morgan fingerprint density at radius 1 is 1.38 bits per heavy atom. The lowest BCUT2D eigenvalue weighted by Crippen LogP contribution is -2.49. The lowest BCUT2D eigenvalue weighted by atomic mass is 9.91. The number of nitrogens with zero attached hydrogens (tertiary/aromatic N) is 1. The number of nitrogens with one attached hydrogen (secondary N) is 1. The summed E-state index contributed by atoms with van der Waals surface area (Å²) in [5.74, 6) is -0.721. The van der Waals surface area contributed by atoms with Gasteiger partial charge in [0, 0.05) is 24.3 Å². The average Bonchev–Trinajstić information content (AvgIpc) is 2.93. The molecule has 2 heterocycles. The molecular weight excluding hydrogens is 268 g/mol. The second-order valence-electron chi connectivity index (χ2n) is 6.03. The van der Waals surface area contributed by atoms with Crippen molar-refractivity contribution in [3.63, 3.8) is 0 Å². The Morgan fingerprint density at radius 3 is 2.95 bits per heavy atom. The summed E-state index contributed by atoms with van der Waals surface area (Å²) < 4.78 is 0. The predicted octanol–water partition coefficient (Wildman–Crippen LogP) is 1.98. The third-order valence-electron chi connectivity index (χ3n) is 4.47. The smallest absolute Gasteiger partial charge is 0.326 e. The maximum absolute atomic E-state index is 12.7. The molecule has 0 aromatic heterocycles. The number of aliphatic carboxylic acids is 1. The van der Waals surface area contributed by atoms with Crippen LogP contribution in [0.2, 0.25) is 0 Å². The fraction of sp³-hybridized carbons (Fsp3) is 0.500. The highest BCUT2D eigenvalue weighted by atomic mass is 16.4. The van der Waals surface area contributed by atoms with Crippen LogP contribution in [-0.4, -0.2) is 41.0 Å². The summed E-state index contributed by atoms with van der Waals surface area (Å²) in [6, 6.07) is 4.90. The van der Waals surface area contributed by atoms with Crippen molar-refractivity contribution in [2.75, 3.05) is 18.4 Å². The van der Waals surface area contributed by atoms with E-state index in [2.05, 4.69) is 5.32 Å². The summed E-state index contributed by atoms with van der Waals surface area (Å²) in [5.41, 5.74) is 2.81. The van der Waals surface area contributed by atoms with Gasteiger partial charge in [-0.15, -0.1) is 0 Å². The number of hydrogen-bond acceptors (Lipinski definition) is 3. The van der Waals surface area contributed by atoms with E-state index in [0.29, 0.717) is 24.4 Å². The first-order valence-corrected chi connectivity index (χ1v) is 7.47. The van der Waals surface area contributed by atoms with Crippen LogP contribution in [0, 0.1) is 5.92 Å². The molecule has 2 aliphatic rings. The number of benzene rings is 1. The lowest BCUT2D eigenvalue weighted by molar-refractivity contribution is -0.144. The number of amides is 1. The zero-order valence-corrected chi connectivity index (χ0v) is 12.1. The van der Waals surface area contributed by atoms with Crippen LogP contribution >= 0.6 is 0 Å². The molecule has 0 aliphatic carbocycles. The summed E-state index contributed by atoms with van der Waals surface area (Å²) in [4.78, 5) is 25.6. The van der Waals surface area contributed by atoms with E-state index >= 15 is 0 Å². The predicted molar refractivity (Wildman–Crippen MR) is 79.5 cm³/mol. The van der Waals surface area contributed by atoms with Crippen molar-refractivity contribution in [3.05, 3.63) is 29.3 Å². The largest absolute Gasteiger partial charge is 0.480 e. The Hall–Kier alpha value is -2.04. The summed E-state index contributed by atoms with van der Waals surface area (Å²) >= 11 is 0. The lowest BCUT2D eigenvalue weighted by Gasteiger charge is -2.36. The number of carbonyl (C=O) groups excluding carboxylic acids is 1. The van der Waals surface area contributed by atoms with E-state index < -0.39 is 12.0 Å². The molecule has 2 aliphatic heterocycles. The van der Waals surface area contributed by atoms with Gasteiger partial charge in [0.25, 0.3) is 5.91 Å². The molecule has 0 saturated carbocycles. The van der Waals surface area contributed by atoms with Crippen molar-refractivity contribution in [2.45, 2.75) is 32.2 Å². The van der Waals surface area contributed by atoms with E-state index in [1.165, 1.54) is 4.90 Å². The normalized spacial score (nSPS) is 24.3. The molecule has 1 aromatic carbocycles.